The molecule has 0 aromatic heterocycles. The fraction of sp³-hybridized carbons (Fsp3) is 1.00. The van der Waals surface area contributed by atoms with E-state index in [0.717, 1.165) is 32.5 Å². The van der Waals surface area contributed by atoms with Gasteiger partial charge >= 0.3 is 0 Å². The highest BCUT2D eigenvalue weighted by Gasteiger charge is 2.12. The molecule has 0 fully saturated rings. The van der Waals surface area contributed by atoms with Gasteiger partial charge in [0.15, 0.2) is 0 Å². The molecule has 0 aromatic carbocycles. The maximum atomic E-state index is 5.99. The van der Waals surface area contributed by atoms with E-state index in [4.69, 9.17) is 9.47 Å². The molecule has 0 aromatic rings. The summed E-state index contributed by atoms with van der Waals surface area (Å²) in [5, 5.41) is 3.47. The molecule has 104 valence electrons. The maximum Gasteiger partial charge on any atom is 0.0784 e. The van der Waals surface area contributed by atoms with Gasteiger partial charge < -0.3 is 14.8 Å². The molecule has 0 saturated heterocycles. The summed E-state index contributed by atoms with van der Waals surface area (Å²) in [6.07, 6.45) is 2.78. The van der Waals surface area contributed by atoms with Crippen molar-refractivity contribution in [3.8, 4) is 0 Å². The fourth-order valence-corrected chi connectivity index (χ4v) is 1.72. The number of hydrogen-bond acceptors (Lipinski definition) is 3. The van der Waals surface area contributed by atoms with Gasteiger partial charge in [-0.1, -0.05) is 27.2 Å². The molecule has 0 rings (SSSR count). The lowest BCUT2D eigenvalue weighted by molar-refractivity contribution is -0.0483. The lowest BCUT2D eigenvalue weighted by atomic mass is 10.2. The highest BCUT2D eigenvalue weighted by molar-refractivity contribution is 4.64. The minimum atomic E-state index is 0.187. The van der Waals surface area contributed by atoms with Crippen LogP contribution in [0.15, 0.2) is 0 Å². The molecule has 0 radical (unpaired) electrons. The average molecular weight is 245 g/mol. The molecule has 3 heteroatoms. The Morgan fingerprint density at radius 1 is 1.06 bits per heavy atom. The van der Waals surface area contributed by atoms with E-state index in [9.17, 15) is 0 Å². The average Bonchev–Trinajstić information content (AvgIpc) is 2.26. The van der Waals surface area contributed by atoms with E-state index in [1.165, 1.54) is 0 Å². The van der Waals surface area contributed by atoms with Gasteiger partial charge in [0.1, 0.15) is 0 Å². The minimum absolute atomic E-state index is 0.187. The molecule has 3 nitrogen and oxygen atoms in total. The SMILES string of the molecule is CCCC(CNCC(C)C)OC(C)COCC. The molecule has 0 heterocycles. The Kier molecular flexibility index (Phi) is 10.9. The van der Waals surface area contributed by atoms with E-state index < -0.39 is 0 Å². The van der Waals surface area contributed by atoms with E-state index in [-0.39, 0.29) is 6.10 Å². The van der Waals surface area contributed by atoms with Crippen molar-refractivity contribution in [3.63, 3.8) is 0 Å². The second kappa shape index (κ2) is 11.0. The van der Waals surface area contributed by atoms with Crippen LogP contribution in [-0.2, 0) is 9.47 Å². The molecule has 0 spiro atoms. The van der Waals surface area contributed by atoms with Gasteiger partial charge in [0.2, 0.25) is 0 Å². The third kappa shape index (κ3) is 10.7. The molecule has 17 heavy (non-hydrogen) atoms. The van der Waals surface area contributed by atoms with Crippen LogP contribution in [0, 0.1) is 5.92 Å². The molecule has 0 saturated carbocycles. The maximum absolute atomic E-state index is 5.99. The van der Waals surface area contributed by atoms with E-state index in [1.54, 1.807) is 0 Å². The van der Waals surface area contributed by atoms with E-state index in [2.05, 4.69) is 33.0 Å². The van der Waals surface area contributed by atoms with Crippen molar-refractivity contribution in [2.24, 2.45) is 5.92 Å². The lowest BCUT2D eigenvalue weighted by Gasteiger charge is -2.23. The standard InChI is InChI=1S/C14H31NO2/c1-6-8-14(10-15-9-12(3)4)17-13(5)11-16-7-2/h12-15H,6-11H2,1-5H3. The zero-order valence-electron chi connectivity index (χ0n) is 12.3. The highest BCUT2D eigenvalue weighted by Crippen LogP contribution is 2.06. The van der Waals surface area contributed by atoms with Crippen LogP contribution in [-0.4, -0.2) is 38.5 Å². The van der Waals surface area contributed by atoms with E-state index in [1.807, 2.05) is 6.92 Å². The van der Waals surface area contributed by atoms with Crippen LogP contribution in [0.5, 0.6) is 0 Å². The molecule has 0 aliphatic rings. The number of hydrogen-bond donors (Lipinski definition) is 1. The second-order valence-corrected chi connectivity index (χ2v) is 5.07. The largest absolute Gasteiger partial charge is 0.379 e. The highest BCUT2D eigenvalue weighted by atomic mass is 16.5. The van der Waals surface area contributed by atoms with Crippen molar-refractivity contribution in [2.75, 3.05) is 26.3 Å². The van der Waals surface area contributed by atoms with Crippen LogP contribution in [0.25, 0.3) is 0 Å². The Morgan fingerprint density at radius 3 is 2.29 bits per heavy atom. The van der Waals surface area contributed by atoms with Crippen LogP contribution in [0.1, 0.15) is 47.5 Å². The molecule has 0 bridgehead atoms. The molecule has 2 atom stereocenters. The molecular formula is C14H31NO2. The summed E-state index contributed by atoms with van der Waals surface area (Å²) in [6.45, 7) is 14.2. The summed E-state index contributed by atoms with van der Waals surface area (Å²) >= 11 is 0. The van der Waals surface area contributed by atoms with E-state index >= 15 is 0 Å². The van der Waals surface area contributed by atoms with E-state index in [0.29, 0.717) is 18.6 Å². The Morgan fingerprint density at radius 2 is 1.76 bits per heavy atom. The van der Waals surface area contributed by atoms with Crippen molar-refractivity contribution in [1.29, 1.82) is 0 Å². The fourth-order valence-electron chi connectivity index (χ4n) is 1.72. The summed E-state index contributed by atoms with van der Waals surface area (Å²) in [6, 6.07) is 0. The van der Waals surface area contributed by atoms with Gasteiger partial charge in [0.25, 0.3) is 0 Å². The van der Waals surface area contributed by atoms with Gasteiger partial charge in [-0.15, -0.1) is 0 Å². The predicted molar refractivity (Wildman–Crippen MR) is 73.4 cm³/mol. The van der Waals surface area contributed by atoms with Crippen molar-refractivity contribution in [2.45, 2.75) is 59.7 Å². The molecule has 2 unspecified atom stereocenters. The van der Waals surface area contributed by atoms with Crippen molar-refractivity contribution in [3.05, 3.63) is 0 Å². The summed E-state index contributed by atoms with van der Waals surface area (Å²) in [5.41, 5.74) is 0. The van der Waals surface area contributed by atoms with Crippen LogP contribution in [0.2, 0.25) is 0 Å². The van der Waals surface area contributed by atoms with Crippen molar-refractivity contribution in [1.82, 2.24) is 5.32 Å². The van der Waals surface area contributed by atoms with Gasteiger partial charge in [-0.05, 0) is 32.7 Å². The number of rotatable bonds is 11. The molecule has 0 aliphatic heterocycles. The van der Waals surface area contributed by atoms with Crippen molar-refractivity contribution < 1.29 is 9.47 Å². The monoisotopic (exact) mass is 245 g/mol. The Balaban J connectivity index is 3.79. The smallest absolute Gasteiger partial charge is 0.0784 e. The van der Waals surface area contributed by atoms with Crippen LogP contribution in [0.4, 0.5) is 0 Å². The lowest BCUT2D eigenvalue weighted by Crippen LogP contribution is -2.34. The van der Waals surface area contributed by atoms with Crippen LogP contribution in [0.3, 0.4) is 0 Å². The second-order valence-electron chi connectivity index (χ2n) is 5.07. The number of ether oxygens (including phenoxy) is 2. The Hall–Kier alpha value is -0.120. The molecular weight excluding hydrogens is 214 g/mol. The first kappa shape index (κ1) is 16.9. The summed E-state index contributed by atoms with van der Waals surface area (Å²) in [5.74, 6) is 0.693. The quantitative estimate of drug-likeness (QED) is 0.607. The number of nitrogens with one attached hydrogen (secondary N) is 1. The van der Waals surface area contributed by atoms with Crippen molar-refractivity contribution >= 4 is 0 Å². The minimum Gasteiger partial charge on any atom is -0.379 e. The first-order chi connectivity index (χ1) is 8.10. The molecule has 0 aliphatic carbocycles. The third-order valence-electron chi connectivity index (χ3n) is 2.52. The first-order valence-electron chi connectivity index (χ1n) is 7.04. The predicted octanol–water partition coefficient (Wildman–Crippen LogP) is 2.84. The van der Waals surface area contributed by atoms with Gasteiger partial charge in [0, 0.05) is 13.2 Å². The zero-order chi connectivity index (χ0) is 13.1. The van der Waals surface area contributed by atoms with Crippen LogP contribution < -0.4 is 5.32 Å². The zero-order valence-corrected chi connectivity index (χ0v) is 12.3. The first-order valence-corrected chi connectivity index (χ1v) is 7.04. The molecule has 0 amide bonds. The summed E-state index contributed by atoms with van der Waals surface area (Å²) in [7, 11) is 0. The van der Waals surface area contributed by atoms with Gasteiger partial charge in [-0.25, -0.2) is 0 Å². The Bertz CT molecular complexity index is 162. The summed E-state index contributed by atoms with van der Waals surface area (Å²) in [4.78, 5) is 0. The van der Waals surface area contributed by atoms with Gasteiger partial charge in [-0.2, -0.15) is 0 Å². The third-order valence-corrected chi connectivity index (χ3v) is 2.52. The van der Waals surface area contributed by atoms with Crippen LogP contribution >= 0.6 is 0 Å². The normalized spacial score (nSPS) is 15.2. The van der Waals surface area contributed by atoms with Gasteiger partial charge in [0.05, 0.1) is 18.8 Å². The topological polar surface area (TPSA) is 30.5 Å². The summed E-state index contributed by atoms with van der Waals surface area (Å²) < 4.78 is 11.4. The van der Waals surface area contributed by atoms with Gasteiger partial charge in [-0.3, -0.25) is 0 Å². The Labute approximate surface area is 107 Å². The molecule has 1 N–H and O–H groups in total.